The molecule has 0 amide bonds. The number of para-hydroxylation sites is 1. The zero-order chi connectivity index (χ0) is 9.42. The third-order valence-electron chi connectivity index (χ3n) is 1.92. The second-order valence-electron chi connectivity index (χ2n) is 2.86. The topological polar surface area (TPSA) is 30.2 Å². The van der Waals surface area contributed by atoms with Gasteiger partial charge in [0.05, 0.1) is 11.6 Å². The summed E-state index contributed by atoms with van der Waals surface area (Å²) in [5, 5.41) is 0.292. The number of fused-ring (bicyclic) bond motifs is 1. The maximum atomic E-state index is 13.1. The number of aryl methyl sites for hydroxylation is 1. The van der Waals surface area contributed by atoms with Gasteiger partial charge in [-0.25, -0.2) is 4.39 Å². The molecule has 2 nitrogen and oxygen atoms in total. The van der Waals surface area contributed by atoms with E-state index in [0.717, 1.165) is 0 Å². The lowest BCUT2D eigenvalue weighted by molar-refractivity contribution is 0.548. The van der Waals surface area contributed by atoms with E-state index in [1.165, 1.54) is 18.4 Å². The molecule has 13 heavy (non-hydrogen) atoms. The highest BCUT2D eigenvalue weighted by atomic mass is 19.1. The predicted octanol–water partition coefficient (Wildman–Crippen LogP) is 2.24. The van der Waals surface area contributed by atoms with E-state index in [1.807, 2.05) is 0 Å². The molecular formula is C10H7FO2. The quantitative estimate of drug-likeness (QED) is 0.619. The van der Waals surface area contributed by atoms with Crippen LogP contribution in [0, 0.1) is 12.7 Å². The van der Waals surface area contributed by atoms with Gasteiger partial charge < -0.3 is 4.42 Å². The minimum absolute atomic E-state index is 0.0260. The van der Waals surface area contributed by atoms with Crippen molar-refractivity contribution in [3.63, 3.8) is 0 Å². The first kappa shape index (κ1) is 7.98. The Kier molecular flexibility index (Phi) is 1.65. The first-order valence-corrected chi connectivity index (χ1v) is 3.87. The molecule has 1 heterocycles. The Labute approximate surface area is 73.6 Å². The van der Waals surface area contributed by atoms with E-state index >= 15 is 0 Å². The van der Waals surface area contributed by atoms with E-state index < -0.39 is 5.82 Å². The van der Waals surface area contributed by atoms with Crippen LogP contribution in [-0.4, -0.2) is 0 Å². The Morgan fingerprint density at radius 3 is 2.92 bits per heavy atom. The first-order valence-electron chi connectivity index (χ1n) is 3.87. The van der Waals surface area contributed by atoms with E-state index in [9.17, 15) is 9.18 Å². The van der Waals surface area contributed by atoms with Crippen molar-refractivity contribution in [2.45, 2.75) is 6.92 Å². The van der Waals surface area contributed by atoms with E-state index in [-0.39, 0.29) is 11.0 Å². The summed E-state index contributed by atoms with van der Waals surface area (Å²) in [5.41, 5.74) is 0.331. The van der Waals surface area contributed by atoms with Gasteiger partial charge in [-0.1, -0.05) is 6.07 Å². The molecule has 0 bridgehead atoms. The fourth-order valence-electron chi connectivity index (χ4n) is 1.22. The summed E-state index contributed by atoms with van der Waals surface area (Å²) in [5.74, 6) is -0.505. The van der Waals surface area contributed by atoms with Crippen molar-refractivity contribution in [3.05, 3.63) is 46.1 Å². The zero-order valence-corrected chi connectivity index (χ0v) is 7.00. The minimum Gasteiger partial charge on any atom is -0.461 e. The number of rotatable bonds is 0. The highest BCUT2D eigenvalue weighted by Gasteiger charge is 2.06. The molecule has 0 unspecified atom stereocenters. The number of halogens is 1. The Morgan fingerprint density at radius 2 is 2.15 bits per heavy atom. The van der Waals surface area contributed by atoms with Gasteiger partial charge in [0.15, 0.2) is 16.8 Å². The summed E-state index contributed by atoms with van der Waals surface area (Å²) < 4.78 is 18.0. The second kappa shape index (κ2) is 2.69. The van der Waals surface area contributed by atoms with Gasteiger partial charge in [-0.2, -0.15) is 0 Å². The SMILES string of the molecule is Cc1coc2c(F)cccc2c1=O. The standard InChI is InChI=1S/C10H7FO2/c1-6-5-13-10-7(9(6)12)3-2-4-8(10)11/h2-5H,1H3. The van der Waals surface area contributed by atoms with Crippen molar-refractivity contribution >= 4 is 11.0 Å². The Balaban J connectivity index is 3.03. The van der Waals surface area contributed by atoms with Crippen LogP contribution in [-0.2, 0) is 0 Å². The predicted molar refractivity (Wildman–Crippen MR) is 47.2 cm³/mol. The molecule has 0 aliphatic carbocycles. The Hall–Kier alpha value is -1.64. The number of hydrogen-bond donors (Lipinski definition) is 0. The lowest BCUT2D eigenvalue weighted by Gasteiger charge is -1.97. The van der Waals surface area contributed by atoms with Gasteiger partial charge in [-0.15, -0.1) is 0 Å². The molecule has 0 radical (unpaired) electrons. The largest absolute Gasteiger partial charge is 0.461 e. The molecule has 66 valence electrons. The van der Waals surface area contributed by atoms with Gasteiger partial charge in [-0.05, 0) is 19.1 Å². The maximum absolute atomic E-state index is 13.1. The Bertz CT molecular complexity index is 514. The van der Waals surface area contributed by atoms with Crippen LogP contribution in [0.3, 0.4) is 0 Å². The van der Waals surface area contributed by atoms with Gasteiger partial charge in [0.1, 0.15) is 0 Å². The summed E-state index contributed by atoms with van der Waals surface area (Å²) in [6, 6.07) is 4.31. The highest BCUT2D eigenvalue weighted by Crippen LogP contribution is 2.14. The average Bonchev–Trinajstić information content (AvgIpc) is 2.12. The molecule has 0 atom stereocenters. The van der Waals surface area contributed by atoms with Crippen molar-refractivity contribution in [3.8, 4) is 0 Å². The third-order valence-corrected chi connectivity index (χ3v) is 1.92. The normalized spacial score (nSPS) is 10.6. The molecule has 2 rings (SSSR count). The molecule has 0 fully saturated rings. The molecule has 0 saturated carbocycles. The van der Waals surface area contributed by atoms with E-state index in [1.54, 1.807) is 13.0 Å². The van der Waals surface area contributed by atoms with Crippen LogP contribution >= 0.6 is 0 Å². The molecule has 3 heteroatoms. The summed E-state index contributed by atoms with van der Waals surface area (Å²) in [7, 11) is 0. The molecule has 0 spiro atoms. The lowest BCUT2D eigenvalue weighted by atomic mass is 10.2. The van der Waals surface area contributed by atoms with Crippen molar-refractivity contribution in [2.75, 3.05) is 0 Å². The van der Waals surface area contributed by atoms with Crippen molar-refractivity contribution < 1.29 is 8.81 Å². The highest BCUT2D eigenvalue weighted by molar-refractivity contribution is 5.77. The lowest BCUT2D eigenvalue weighted by Crippen LogP contribution is -2.04. The molecule has 0 aliphatic rings. The number of benzene rings is 1. The number of hydrogen-bond acceptors (Lipinski definition) is 2. The fraction of sp³-hybridized carbons (Fsp3) is 0.100. The van der Waals surface area contributed by atoms with Gasteiger partial charge in [0, 0.05) is 5.56 Å². The van der Waals surface area contributed by atoms with Crippen LogP contribution in [0.4, 0.5) is 4.39 Å². The average molecular weight is 178 g/mol. The molecule has 1 aromatic carbocycles. The van der Waals surface area contributed by atoms with E-state index in [0.29, 0.717) is 10.9 Å². The zero-order valence-electron chi connectivity index (χ0n) is 7.00. The fourth-order valence-corrected chi connectivity index (χ4v) is 1.22. The monoisotopic (exact) mass is 178 g/mol. The Morgan fingerprint density at radius 1 is 1.38 bits per heavy atom. The summed E-state index contributed by atoms with van der Waals surface area (Å²) in [6.45, 7) is 1.64. The van der Waals surface area contributed by atoms with Gasteiger partial charge in [-0.3, -0.25) is 4.79 Å². The van der Waals surface area contributed by atoms with Crippen molar-refractivity contribution in [2.24, 2.45) is 0 Å². The maximum Gasteiger partial charge on any atom is 0.195 e. The molecule has 2 aromatic rings. The van der Waals surface area contributed by atoms with Gasteiger partial charge in [0.25, 0.3) is 0 Å². The van der Waals surface area contributed by atoms with Crippen molar-refractivity contribution in [1.82, 2.24) is 0 Å². The minimum atomic E-state index is -0.505. The molecular weight excluding hydrogens is 171 g/mol. The third kappa shape index (κ3) is 1.13. The van der Waals surface area contributed by atoms with Crippen LogP contribution in [0.1, 0.15) is 5.56 Å². The van der Waals surface area contributed by atoms with Crippen LogP contribution in [0.2, 0.25) is 0 Å². The van der Waals surface area contributed by atoms with Crippen LogP contribution in [0.25, 0.3) is 11.0 Å². The first-order chi connectivity index (χ1) is 6.20. The second-order valence-corrected chi connectivity index (χ2v) is 2.86. The van der Waals surface area contributed by atoms with Crippen LogP contribution < -0.4 is 5.43 Å². The summed E-state index contributed by atoms with van der Waals surface area (Å²) in [6.07, 6.45) is 1.27. The van der Waals surface area contributed by atoms with Gasteiger partial charge in [0.2, 0.25) is 0 Å². The summed E-state index contributed by atoms with van der Waals surface area (Å²) >= 11 is 0. The van der Waals surface area contributed by atoms with Crippen molar-refractivity contribution in [1.29, 1.82) is 0 Å². The molecule has 0 saturated heterocycles. The smallest absolute Gasteiger partial charge is 0.195 e. The summed E-state index contributed by atoms with van der Waals surface area (Å²) in [4.78, 5) is 11.5. The molecule has 0 aliphatic heterocycles. The molecule has 0 N–H and O–H groups in total. The van der Waals surface area contributed by atoms with Crippen LogP contribution in [0.15, 0.2) is 33.7 Å². The van der Waals surface area contributed by atoms with E-state index in [4.69, 9.17) is 4.42 Å². The van der Waals surface area contributed by atoms with Crippen LogP contribution in [0.5, 0.6) is 0 Å². The van der Waals surface area contributed by atoms with Gasteiger partial charge >= 0.3 is 0 Å². The van der Waals surface area contributed by atoms with E-state index in [2.05, 4.69) is 0 Å². The molecule has 1 aromatic heterocycles.